The molecule has 20 heavy (non-hydrogen) atoms. The van der Waals surface area contributed by atoms with Gasteiger partial charge in [-0.3, -0.25) is 9.59 Å². The molecule has 6 nitrogen and oxygen atoms in total. The van der Waals surface area contributed by atoms with E-state index >= 15 is 0 Å². The summed E-state index contributed by atoms with van der Waals surface area (Å²) >= 11 is 3.27. The zero-order valence-corrected chi connectivity index (χ0v) is 13.7. The Morgan fingerprint density at radius 3 is 2.75 bits per heavy atom. The van der Waals surface area contributed by atoms with Crippen molar-refractivity contribution in [2.24, 2.45) is 0 Å². The summed E-state index contributed by atoms with van der Waals surface area (Å²) in [6.07, 6.45) is 2.87. The molecule has 0 aliphatic heterocycles. The van der Waals surface area contributed by atoms with Crippen LogP contribution < -0.4 is 16.2 Å². The number of carbonyl (C=O) groups excluding carboxylic acids is 1. The first-order chi connectivity index (χ1) is 9.47. The van der Waals surface area contributed by atoms with Crippen molar-refractivity contribution in [1.82, 2.24) is 15.1 Å². The topological polar surface area (TPSA) is 76.0 Å². The summed E-state index contributed by atoms with van der Waals surface area (Å²) in [4.78, 5) is 23.4. The highest BCUT2D eigenvalue weighted by molar-refractivity contribution is 9.10. The third kappa shape index (κ3) is 4.63. The molecule has 0 fully saturated rings. The summed E-state index contributed by atoms with van der Waals surface area (Å²) in [7, 11) is 0. The second-order valence-electron chi connectivity index (χ2n) is 4.74. The van der Waals surface area contributed by atoms with Gasteiger partial charge in [-0.1, -0.05) is 6.92 Å². The number of aromatic nitrogens is 2. The predicted molar refractivity (Wildman–Crippen MR) is 83.0 cm³/mol. The van der Waals surface area contributed by atoms with Crippen molar-refractivity contribution in [3.05, 3.63) is 21.0 Å². The summed E-state index contributed by atoms with van der Waals surface area (Å²) in [5.74, 6) is -0.000968. The molecule has 0 aliphatic carbocycles. The maximum absolute atomic E-state index is 12.0. The number of amides is 1. The number of hydrogen-bond acceptors (Lipinski definition) is 4. The third-order valence-corrected chi connectivity index (χ3v) is 3.44. The van der Waals surface area contributed by atoms with E-state index in [-0.39, 0.29) is 17.5 Å². The lowest BCUT2D eigenvalue weighted by Crippen LogP contribution is -2.28. The van der Waals surface area contributed by atoms with Crippen molar-refractivity contribution < 1.29 is 4.79 Å². The molecular weight excluding hydrogens is 324 g/mol. The van der Waals surface area contributed by atoms with Gasteiger partial charge in [0.1, 0.15) is 4.47 Å². The van der Waals surface area contributed by atoms with Gasteiger partial charge in [-0.25, -0.2) is 4.68 Å². The van der Waals surface area contributed by atoms with Crippen LogP contribution in [0.25, 0.3) is 0 Å². The number of halogens is 1. The van der Waals surface area contributed by atoms with E-state index < -0.39 is 0 Å². The molecule has 0 aromatic carbocycles. The minimum Gasteiger partial charge on any atom is -0.382 e. The smallest absolute Gasteiger partial charge is 0.283 e. The lowest BCUT2D eigenvalue weighted by Gasteiger charge is -2.12. The van der Waals surface area contributed by atoms with Crippen LogP contribution >= 0.6 is 15.9 Å². The van der Waals surface area contributed by atoms with E-state index in [0.29, 0.717) is 29.7 Å². The van der Waals surface area contributed by atoms with E-state index in [1.54, 1.807) is 6.20 Å². The molecule has 0 atom stereocenters. The van der Waals surface area contributed by atoms with Crippen LogP contribution in [0.3, 0.4) is 0 Å². The van der Waals surface area contributed by atoms with Crippen LogP contribution in [0.15, 0.2) is 15.5 Å². The molecular formula is C13H21BrN4O2. The molecule has 112 valence electrons. The van der Waals surface area contributed by atoms with Crippen molar-refractivity contribution >= 4 is 27.5 Å². The van der Waals surface area contributed by atoms with E-state index in [1.807, 2.05) is 20.8 Å². The Morgan fingerprint density at radius 2 is 2.15 bits per heavy atom. The van der Waals surface area contributed by atoms with E-state index in [4.69, 9.17) is 0 Å². The second kappa shape index (κ2) is 8.04. The molecule has 1 amide bonds. The van der Waals surface area contributed by atoms with Crippen molar-refractivity contribution in [1.29, 1.82) is 0 Å². The minimum absolute atomic E-state index is 0.000968. The van der Waals surface area contributed by atoms with Gasteiger partial charge in [0, 0.05) is 19.5 Å². The zero-order valence-electron chi connectivity index (χ0n) is 12.1. The summed E-state index contributed by atoms with van der Waals surface area (Å²) in [6, 6.07) is 0.00710. The number of anilines is 1. The van der Waals surface area contributed by atoms with Gasteiger partial charge in [-0.05, 0) is 36.2 Å². The molecule has 7 heteroatoms. The zero-order chi connectivity index (χ0) is 15.1. The summed E-state index contributed by atoms with van der Waals surface area (Å²) < 4.78 is 1.85. The molecule has 1 aromatic rings. The number of nitrogens with one attached hydrogen (secondary N) is 2. The Labute approximate surface area is 127 Å². The molecule has 0 radical (unpaired) electrons. The van der Waals surface area contributed by atoms with Gasteiger partial charge in [0.25, 0.3) is 5.56 Å². The Kier molecular flexibility index (Phi) is 6.70. The number of rotatable bonds is 7. The third-order valence-electron chi connectivity index (χ3n) is 2.67. The summed E-state index contributed by atoms with van der Waals surface area (Å²) in [6.45, 7) is 6.94. The first-order valence-electron chi connectivity index (χ1n) is 6.75. The molecule has 1 aromatic heterocycles. The summed E-state index contributed by atoms with van der Waals surface area (Å²) in [5, 5.41) is 9.94. The number of hydrogen-bond donors (Lipinski definition) is 2. The Hall–Kier alpha value is -1.37. The van der Waals surface area contributed by atoms with Gasteiger partial charge in [0.05, 0.1) is 17.9 Å². The van der Waals surface area contributed by atoms with E-state index in [0.717, 1.165) is 6.42 Å². The van der Waals surface area contributed by atoms with E-state index in [9.17, 15) is 9.59 Å². The van der Waals surface area contributed by atoms with Crippen LogP contribution in [0, 0.1) is 0 Å². The van der Waals surface area contributed by atoms with Crippen molar-refractivity contribution in [2.45, 2.75) is 39.7 Å². The highest BCUT2D eigenvalue weighted by Gasteiger charge is 2.10. The fourth-order valence-corrected chi connectivity index (χ4v) is 2.02. The Balaban J connectivity index is 2.59. The van der Waals surface area contributed by atoms with Gasteiger partial charge in [0.2, 0.25) is 5.91 Å². The number of nitrogens with zero attached hydrogens (tertiary/aromatic N) is 2. The first kappa shape index (κ1) is 16.7. The molecule has 0 saturated heterocycles. The van der Waals surface area contributed by atoms with Crippen molar-refractivity contribution in [2.75, 3.05) is 18.4 Å². The SMILES string of the molecule is CCCNC(=O)CCNc1cnn(C(C)C)c(=O)c1Br. The van der Waals surface area contributed by atoms with E-state index in [2.05, 4.69) is 31.7 Å². The molecule has 0 bridgehead atoms. The lowest BCUT2D eigenvalue weighted by molar-refractivity contribution is -0.120. The predicted octanol–water partition coefficient (Wildman–Crippen LogP) is 1.91. The van der Waals surface area contributed by atoms with E-state index in [1.165, 1.54) is 4.68 Å². The quantitative estimate of drug-likeness (QED) is 0.792. The molecule has 0 spiro atoms. The lowest BCUT2D eigenvalue weighted by atomic mass is 10.3. The monoisotopic (exact) mass is 344 g/mol. The van der Waals surface area contributed by atoms with Gasteiger partial charge in [-0.2, -0.15) is 5.10 Å². The average molecular weight is 345 g/mol. The fourth-order valence-electron chi connectivity index (χ4n) is 1.60. The largest absolute Gasteiger partial charge is 0.382 e. The maximum atomic E-state index is 12.0. The van der Waals surface area contributed by atoms with Gasteiger partial charge >= 0.3 is 0 Å². The van der Waals surface area contributed by atoms with Crippen LogP contribution in [0.5, 0.6) is 0 Å². The van der Waals surface area contributed by atoms with Crippen molar-refractivity contribution in [3.63, 3.8) is 0 Å². The highest BCUT2D eigenvalue weighted by Crippen LogP contribution is 2.16. The average Bonchev–Trinajstić information content (AvgIpc) is 2.40. The Morgan fingerprint density at radius 1 is 1.45 bits per heavy atom. The fraction of sp³-hybridized carbons (Fsp3) is 0.615. The van der Waals surface area contributed by atoms with Crippen LogP contribution in [0.2, 0.25) is 0 Å². The van der Waals surface area contributed by atoms with Crippen LogP contribution in [0.1, 0.15) is 39.7 Å². The van der Waals surface area contributed by atoms with Gasteiger partial charge in [0.15, 0.2) is 0 Å². The second-order valence-corrected chi connectivity index (χ2v) is 5.54. The van der Waals surface area contributed by atoms with Gasteiger partial charge < -0.3 is 10.6 Å². The molecule has 2 N–H and O–H groups in total. The van der Waals surface area contributed by atoms with Crippen LogP contribution in [0.4, 0.5) is 5.69 Å². The van der Waals surface area contributed by atoms with Crippen molar-refractivity contribution in [3.8, 4) is 0 Å². The number of carbonyl (C=O) groups is 1. The molecule has 1 heterocycles. The molecule has 0 aliphatic rings. The van der Waals surface area contributed by atoms with Crippen LogP contribution in [-0.4, -0.2) is 28.8 Å². The molecule has 1 rings (SSSR count). The molecule has 0 unspecified atom stereocenters. The first-order valence-corrected chi connectivity index (χ1v) is 7.54. The van der Waals surface area contributed by atoms with Gasteiger partial charge in [-0.15, -0.1) is 0 Å². The Bertz CT molecular complexity index is 514. The maximum Gasteiger partial charge on any atom is 0.283 e. The highest BCUT2D eigenvalue weighted by atomic mass is 79.9. The minimum atomic E-state index is -0.180. The standard InChI is InChI=1S/C13H21BrN4O2/c1-4-6-16-11(19)5-7-15-10-8-17-18(9(2)3)13(20)12(10)14/h8-9,15H,4-7H2,1-3H3,(H,16,19). The van der Waals surface area contributed by atoms with Crippen LogP contribution in [-0.2, 0) is 4.79 Å². The summed E-state index contributed by atoms with van der Waals surface area (Å²) in [5.41, 5.74) is 0.427. The molecule has 0 saturated carbocycles. The normalized spacial score (nSPS) is 10.7.